The molecule has 0 saturated heterocycles. The summed E-state index contributed by atoms with van der Waals surface area (Å²) < 4.78 is 0. The second-order valence-electron chi connectivity index (χ2n) is 5.07. The molecule has 1 heterocycles. The normalized spacial score (nSPS) is 12.0. The SMILES string of the molecule is O=C(CCCc1cccs1)N[C@@H](CO)Cc1ccccc1. The lowest BCUT2D eigenvalue weighted by molar-refractivity contribution is -0.122. The summed E-state index contributed by atoms with van der Waals surface area (Å²) in [6, 6.07) is 13.8. The number of aliphatic hydroxyl groups is 1. The average molecular weight is 303 g/mol. The van der Waals surface area contributed by atoms with Crippen molar-refractivity contribution in [3.05, 3.63) is 58.3 Å². The molecule has 2 aromatic rings. The monoisotopic (exact) mass is 303 g/mol. The number of hydrogen-bond acceptors (Lipinski definition) is 3. The van der Waals surface area contributed by atoms with E-state index in [0.717, 1.165) is 18.4 Å². The van der Waals surface area contributed by atoms with Crippen molar-refractivity contribution in [2.45, 2.75) is 31.7 Å². The van der Waals surface area contributed by atoms with E-state index in [1.54, 1.807) is 11.3 Å². The van der Waals surface area contributed by atoms with Crippen LogP contribution in [0.15, 0.2) is 47.8 Å². The molecule has 3 nitrogen and oxygen atoms in total. The van der Waals surface area contributed by atoms with Crippen molar-refractivity contribution >= 4 is 17.2 Å². The first-order valence-corrected chi connectivity index (χ1v) is 8.12. The van der Waals surface area contributed by atoms with Crippen molar-refractivity contribution in [3.8, 4) is 0 Å². The van der Waals surface area contributed by atoms with E-state index in [0.29, 0.717) is 12.8 Å². The van der Waals surface area contributed by atoms with Gasteiger partial charge in [0, 0.05) is 11.3 Å². The fraction of sp³-hybridized carbons (Fsp3) is 0.353. The van der Waals surface area contributed by atoms with Crippen LogP contribution in [0.25, 0.3) is 0 Å². The summed E-state index contributed by atoms with van der Waals surface area (Å²) in [5, 5.41) is 14.4. The van der Waals surface area contributed by atoms with Crippen LogP contribution < -0.4 is 5.32 Å². The molecule has 1 aromatic heterocycles. The molecule has 0 aliphatic heterocycles. The number of benzene rings is 1. The topological polar surface area (TPSA) is 49.3 Å². The Morgan fingerprint density at radius 3 is 2.67 bits per heavy atom. The van der Waals surface area contributed by atoms with Gasteiger partial charge in [-0.1, -0.05) is 36.4 Å². The number of carbonyl (C=O) groups is 1. The molecule has 0 bridgehead atoms. The molecule has 1 atom stereocenters. The Labute approximate surface area is 129 Å². The lowest BCUT2D eigenvalue weighted by Gasteiger charge is -2.16. The highest BCUT2D eigenvalue weighted by Gasteiger charge is 2.11. The van der Waals surface area contributed by atoms with Crippen molar-refractivity contribution in [3.63, 3.8) is 0 Å². The Balaban J connectivity index is 1.72. The largest absolute Gasteiger partial charge is 0.394 e. The van der Waals surface area contributed by atoms with Crippen molar-refractivity contribution in [2.75, 3.05) is 6.61 Å². The number of rotatable bonds is 8. The van der Waals surface area contributed by atoms with Crippen molar-refractivity contribution in [2.24, 2.45) is 0 Å². The number of aryl methyl sites for hydroxylation is 1. The Morgan fingerprint density at radius 2 is 2.00 bits per heavy atom. The van der Waals surface area contributed by atoms with Crippen LogP contribution in [0.1, 0.15) is 23.3 Å². The standard InChI is InChI=1S/C17H21NO2S/c19-13-15(12-14-6-2-1-3-7-14)18-17(20)10-4-8-16-9-5-11-21-16/h1-3,5-7,9,11,15,19H,4,8,10,12-13H2,(H,18,20)/t15-/m1/s1. The Hall–Kier alpha value is -1.65. The van der Waals surface area contributed by atoms with Crippen molar-refractivity contribution in [1.82, 2.24) is 5.32 Å². The van der Waals surface area contributed by atoms with Gasteiger partial charge in [0.25, 0.3) is 0 Å². The molecule has 4 heteroatoms. The molecular formula is C17H21NO2S. The van der Waals surface area contributed by atoms with Gasteiger partial charge in [-0.3, -0.25) is 4.79 Å². The van der Waals surface area contributed by atoms with Gasteiger partial charge in [0.15, 0.2) is 0 Å². The number of nitrogens with one attached hydrogen (secondary N) is 1. The summed E-state index contributed by atoms with van der Waals surface area (Å²) in [7, 11) is 0. The van der Waals surface area contributed by atoms with E-state index >= 15 is 0 Å². The van der Waals surface area contributed by atoms with Gasteiger partial charge in [0.1, 0.15) is 0 Å². The zero-order valence-electron chi connectivity index (χ0n) is 12.0. The maximum Gasteiger partial charge on any atom is 0.220 e. The van der Waals surface area contributed by atoms with Gasteiger partial charge in [0.2, 0.25) is 5.91 Å². The fourth-order valence-electron chi connectivity index (χ4n) is 2.24. The third-order valence-electron chi connectivity index (χ3n) is 3.32. The van der Waals surface area contributed by atoms with E-state index in [2.05, 4.69) is 16.8 Å². The molecule has 112 valence electrons. The van der Waals surface area contributed by atoms with Crippen molar-refractivity contribution in [1.29, 1.82) is 0 Å². The minimum atomic E-state index is -0.207. The van der Waals surface area contributed by atoms with Crippen LogP contribution in [0.2, 0.25) is 0 Å². The lowest BCUT2D eigenvalue weighted by atomic mass is 10.1. The smallest absolute Gasteiger partial charge is 0.220 e. The zero-order valence-corrected chi connectivity index (χ0v) is 12.8. The predicted molar refractivity (Wildman–Crippen MR) is 86.4 cm³/mol. The highest BCUT2D eigenvalue weighted by atomic mass is 32.1. The number of carbonyl (C=O) groups excluding carboxylic acids is 1. The fourth-order valence-corrected chi connectivity index (χ4v) is 2.99. The maximum atomic E-state index is 11.9. The van der Waals surface area contributed by atoms with E-state index < -0.39 is 0 Å². The molecular weight excluding hydrogens is 282 g/mol. The molecule has 0 aliphatic rings. The van der Waals surface area contributed by atoms with Gasteiger partial charge in [-0.15, -0.1) is 11.3 Å². The second-order valence-corrected chi connectivity index (χ2v) is 6.10. The average Bonchev–Trinajstić information content (AvgIpc) is 3.01. The molecule has 0 unspecified atom stereocenters. The van der Waals surface area contributed by atoms with Crippen LogP contribution in [-0.2, 0) is 17.6 Å². The van der Waals surface area contributed by atoms with Gasteiger partial charge in [-0.25, -0.2) is 0 Å². The summed E-state index contributed by atoms with van der Waals surface area (Å²) in [6.45, 7) is -0.0362. The van der Waals surface area contributed by atoms with E-state index in [9.17, 15) is 9.90 Å². The van der Waals surface area contributed by atoms with Gasteiger partial charge >= 0.3 is 0 Å². The zero-order chi connectivity index (χ0) is 14.9. The lowest BCUT2D eigenvalue weighted by Crippen LogP contribution is -2.39. The summed E-state index contributed by atoms with van der Waals surface area (Å²) in [4.78, 5) is 13.2. The van der Waals surface area contributed by atoms with E-state index in [1.165, 1.54) is 4.88 Å². The highest BCUT2D eigenvalue weighted by molar-refractivity contribution is 7.09. The first-order chi connectivity index (χ1) is 10.3. The van der Waals surface area contributed by atoms with Crippen LogP contribution in [0.5, 0.6) is 0 Å². The Morgan fingerprint density at radius 1 is 1.19 bits per heavy atom. The third kappa shape index (κ3) is 5.69. The summed E-state index contributed by atoms with van der Waals surface area (Å²) >= 11 is 1.72. The maximum absolute atomic E-state index is 11.9. The number of amides is 1. The second kappa shape index (κ2) is 8.60. The molecule has 0 fully saturated rings. The Bertz CT molecular complexity index is 525. The summed E-state index contributed by atoms with van der Waals surface area (Å²) in [6.07, 6.45) is 2.95. The van der Waals surface area contributed by atoms with Crippen molar-refractivity contribution < 1.29 is 9.90 Å². The number of hydrogen-bond donors (Lipinski definition) is 2. The third-order valence-corrected chi connectivity index (χ3v) is 4.25. The predicted octanol–water partition coefficient (Wildman–Crippen LogP) is 2.79. The molecule has 0 radical (unpaired) electrons. The van der Waals surface area contributed by atoms with Gasteiger partial charge in [-0.05, 0) is 36.3 Å². The highest BCUT2D eigenvalue weighted by Crippen LogP contribution is 2.12. The van der Waals surface area contributed by atoms with E-state index in [-0.39, 0.29) is 18.6 Å². The van der Waals surface area contributed by atoms with Crippen LogP contribution in [0.3, 0.4) is 0 Å². The van der Waals surface area contributed by atoms with Crippen LogP contribution in [-0.4, -0.2) is 23.7 Å². The minimum Gasteiger partial charge on any atom is -0.394 e. The van der Waals surface area contributed by atoms with E-state index in [1.807, 2.05) is 36.4 Å². The van der Waals surface area contributed by atoms with Crippen LogP contribution >= 0.6 is 11.3 Å². The molecule has 1 aromatic carbocycles. The molecule has 0 aliphatic carbocycles. The quantitative estimate of drug-likeness (QED) is 0.788. The van der Waals surface area contributed by atoms with Gasteiger partial charge in [-0.2, -0.15) is 0 Å². The first kappa shape index (κ1) is 15.7. The number of aliphatic hydroxyl groups excluding tert-OH is 1. The Kier molecular flexibility index (Phi) is 6.44. The van der Waals surface area contributed by atoms with Crippen LogP contribution in [0, 0.1) is 0 Å². The van der Waals surface area contributed by atoms with Gasteiger partial charge in [0.05, 0.1) is 12.6 Å². The summed E-state index contributed by atoms with van der Waals surface area (Å²) in [5.41, 5.74) is 1.12. The molecule has 1 amide bonds. The van der Waals surface area contributed by atoms with Gasteiger partial charge < -0.3 is 10.4 Å². The van der Waals surface area contributed by atoms with E-state index in [4.69, 9.17) is 0 Å². The minimum absolute atomic E-state index is 0.0153. The number of thiophene rings is 1. The molecule has 0 spiro atoms. The summed E-state index contributed by atoms with van der Waals surface area (Å²) in [5.74, 6) is 0.0153. The molecule has 0 saturated carbocycles. The molecule has 2 rings (SSSR count). The van der Waals surface area contributed by atoms with Crippen LogP contribution in [0.4, 0.5) is 0 Å². The molecule has 2 N–H and O–H groups in total. The molecule has 21 heavy (non-hydrogen) atoms. The first-order valence-electron chi connectivity index (χ1n) is 7.24.